The van der Waals surface area contributed by atoms with E-state index in [-0.39, 0.29) is 6.10 Å². The van der Waals surface area contributed by atoms with Crippen LogP contribution in [0, 0.1) is 5.92 Å². The van der Waals surface area contributed by atoms with Gasteiger partial charge in [0, 0.05) is 18.3 Å². The number of anilines is 1. The van der Waals surface area contributed by atoms with Crippen molar-refractivity contribution in [1.82, 2.24) is 5.32 Å². The van der Waals surface area contributed by atoms with Crippen molar-refractivity contribution in [3.05, 3.63) is 24.3 Å². The Morgan fingerprint density at radius 3 is 2.65 bits per heavy atom. The van der Waals surface area contributed by atoms with Crippen LogP contribution in [0.2, 0.25) is 0 Å². The molecule has 1 fully saturated rings. The second-order valence-electron chi connectivity index (χ2n) is 7.07. The lowest BCUT2D eigenvalue weighted by Crippen LogP contribution is -2.28. The molecule has 2 N–H and O–H groups in total. The van der Waals surface area contributed by atoms with Gasteiger partial charge in [0.05, 0.1) is 6.10 Å². The fourth-order valence-corrected chi connectivity index (χ4v) is 3.20. The molecule has 0 heterocycles. The van der Waals surface area contributed by atoms with Crippen LogP contribution in [-0.4, -0.2) is 24.8 Å². The van der Waals surface area contributed by atoms with Crippen molar-refractivity contribution in [3.8, 4) is 5.75 Å². The van der Waals surface area contributed by atoms with Crippen LogP contribution in [0.25, 0.3) is 0 Å². The van der Waals surface area contributed by atoms with Crippen LogP contribution in [0.15, 0.2) is 24.3 Å². The summed E-state index contributed by atoms with van der Waals surface area (Å²) in [6.45, 7) is 4.17. The topological polar surface area (TPSA) is 76.7 Å². The molecule has 1 aliphatic rings. The molecular weight excluding hydrogens is 332 g/mol. The van der Waals surface area contributed by atoms with Crippen molar-refractivity contribution >= 4 is 17.9 Å². The summed E-state index contributed by atoms with van der Waals surface area (Å²) in [5.41, 5.74) is 0.512. The number of hydrogen-bond donors (Lipinski definition) is 2. The van der Waals surface area contributed by atoms with Crippen LogP contribution in [0.1, 0.15) is 58.8 Å². The van der Waals surface area contributed by atoms with E-state index in [1.165, 1.54) is 32.1 Å². The van der Waals surface area contributed by atoms with Crippen LogP contribution in [0.5, 0.6) is 5.75 Å². The first-order valence-corrected chi connectivity index (χ1v) is 9.56. The average Bonchev–Trinajstić information content (AvgIpc) is 2.59. The highest BCUT2D eigenvalue weighted by Crippen LogP contribution is 2.27. The molecule has 2 amide bonds. The third-order valence-electron chi connectivity index (χ3n) is 4.42. The van der Waals surface area contributed by atoms with Crippen molar-refractivity contribution in [1.29, 1.82) is 0 Å². The minimum atomic E-state index is -0.538. The zero-order valence-electron chi connectivity index (χ0n) is 15.8. The second-order valence-corrected chi connectivity index (χ2v) is 7.07. The van der Waals surface area contributed by atoms with Gasteiger partial charge in [0.15, 0.2) is 0 Å². The fourth-order valence-electron chi connectivity index (χ4n) is 3.20. The smallest absolute Gasteiger partial charge is 0.412 e. The summed E-state index contributed by atoms with van der Waals surface area (Å²) in [7, 11) is 0. The molecule has 0 saturated heterocycles. The second kappa shape index (κ2) is 10.7. The first-order chi connectivity index (χ1) is 12.5. The van der Waals surface area contributed by atoms with Gasteiger partial charge in [-0.3, -0.25) is 5.32 Å². The zero-order valence-corrected chi connectivity index (χ0v) is 15.8. The summed E-state index contributed by atoms with van der Waals surface area (Å²) in [6, 6.07) is 6.66. The highest BCUT2D eigenvalue weighted by atomic mass is 16.6. The van der Waals surface area contributed by atoms with Gasteiger partial charge < -0.3 is 14.8 Å². The number of carbonyl (C=O) groups excluding carboxylic acids is 2. The highest BCUT2D eigenvalue weighted by Gasteiger charge is 2.13. The van der Waals surface area contributed by atoms with Crippen molar-refractivity contribution < 1.29 is 19.1 Å². The predicted molar refractivity (Wildman–Crippen MR) is 102 cm³/mol. The highest BCUT2D eigenvalue weighted by molar-refractivity contribution is 5.85. The maximum absolute atomic E-state index is 11.9. The first-order valence-electron chi connectivity index (χ1n) is 9.56. The lowest BCUT2D eigenvalue weighted by atomic mass is 9.86. The van der Waals surface area contributed by atoms with E-state index in [1.807, 2.05) is 0 Å². The molecule has 26 heavy (non-hydrogen) atoms. The molecule has 1 saturated carbocycles. The van der Waals surface area contributed by atoms with Gasteiger partial charge in [-0.15, -0.1) is 0 Å². The van der Waals surface area contributed by atoms with Gasteiger partial charge in [0.25, 0.3) is 0 Å². The fraction of sp³-hybridized carbons (Fsp3) is 0.600. The molecule has 0 aliphatic heterocycles. The van der Waals surface area contributed by atoms with Gasteiger partial charge in [-0.05, 0) is 44.7 Å². The van der Waals surface area contributed by atoms with Gasteiger partial charge >= 0.3 is 12.2 Å². The number of nitrogens with one attached hydrogen (secondary N) is 2. The van der Waals surface area contributed by atoms with Crippen LogP contribution in [0.3, 0.4) is 0 Å². The molecule has 0 radical (unpaired) electrons. The number of rotatable bonds is 7. The third kappa shape index (κ3) is 7.76. The Labute approximate surface area is 155 Å². The van der Waals surface area contributed by atoms with Crippen LogP contribution in [0.4, 0.5) is 15.3 Å². The van der Waals surface area contributed by atoms with Crippen molar-refractivity contribution in [3.63, 3.8) is 0 Å². The number of amides is 2. The molecular formula is C20H30N2O4. The Morgan fingerprint density at radius 2 is 1.92 bits per heavy atom. The Hall–Kier alpha value is -2.24. The van der Waals surface area contributed by atoms with Gasteiger partial charge in [-0.1, -0.05) is 38.2 Å². The molecule has 0 atom stereocenters. The molecule has 0 bridgehead atoms. The normalized spacial score (nSPS) is 14.7. The molecule has 1 aromatic carbocycles. The van der Waals surface area contributed by atoms with Crippen LogP contribution in [-0.2, 0) is 4.74 Å². The number of hydrogen-bond acceptors (Lipinski definition) is 4. The van der Waals surface area contributed by atoms with Gasteiger partial charge in [0.1, 0.15) is 5.75 Å². The molecule has 0 unspecified atom stereocenters. The van der Waals surface area contributed by atoms with Crippen molar-refractivity contribution in [2.45, 2.75) is 64.9 Å². The van der Waals surface area contributed by atoms with Gasteiger partial charge in [0.2, 0.25) is 0 Å². The van der Waals surface area contributed by atoms with E-state index in [9.17, 15) is 9.59 Å². The Morgan fingerprint density at radius 1 is 1.15 bits per heavy atom. The maximum Gasteiger partial charge on any atom is 0.412 e. The standard InChI is InChI=1S/C20H30N2O4/c1-15(2)25-20(24)22-17-11-6-12-18(14-17)26-19(23)21-13-7-10-16-8-4-3-5-9-16/h6,11-12,14-16H,3-5,7-10,13H2,1-2H3,(H,21,23)(H,22,24). The summed E-state index contributed by atoms with van der Waals surface area (Å²) >= 11 is 0. The van der Waals surface area contributed by atoms with Crippen LogP contribution < -0.4 is 15.4 Å². The average molecular weight is 362 g/mol. The summed E-state index contributed by atoms with van der Waals surface area (Å²) in [4.78, 5) is 23.5. The Kier molecular flexibility index (Phi) is 8.25. The van der Waals surface area contributed by atoms with E-state index in [0.717, 1.165) is 18.8 Å². The molecule has 6 heteroatoms. The Bertz CT molecular complexity index is 583. The zero-order chi connectivity index (χ0) is 18.8. The van der Waals surface area contributed by atoms with E-state index in [1.54, 1.807) is 38.1 Å². The molecule has 1 aliphatic carbocycles. The number of benzene rings is 1. The summed E-state index contributed by atoms with van der Waals surface area (Å²) in [6.07, 6.45) is 7.62. The molecule has 6 nitrogen and oxygen atoms in total. The largest absolute Gasteiger partial charge is 0.447 e. The molecule has 1 aromatic rings. The molecule has 0 spiro atoms. The molecule has 2 rings (SSSR count). The van der Waals surface area contributed by atoms with Crippen molar-refractivity contribution in [2.24, 2.45) is 5.92 Å². The minimum Gasteiger partial charge on any atom is -0.447 e. The van der Waals surface area contributed by atoms with E-state index in [2.05, 4.69) is 10.6 Å². The monoisotopic (exact) mass is 362 g/mol. The summed E-state index contributed by atoms with van der Waals surface area (Å²) in [5, 5.41) is 5.39. The van der Waals surface area contributed by atoms with E-state index in [4.69, 9.17) is 9.47 Å². The van der Waals surface area contributed by atoms with E-state index in [0.29, 0.717) is 18.0 Å². The van der Waals surface area contributed by atoms with Gasteiger partial charge in [-0.2, -0.15) is 0 Å². The van der Waals surface area contributed by atoms with Gasteiger partial charge in [-0.25, -0.2) is 9.59 Å². The number of ether oxygens (including phenoxy) is 2. The van der Waals surface area contributed by atoms with E-state index < -0.39 is 12.2 Å². The van der Waals surface area contributed by atoms with Crippen molar-refractivity contribution in [2.75, 3.05) is 11.9 Å². The molecule has 0 aromatic heterocycles. The quantitative estimate of drug-likeness (QED) is 0.662. The number of carbonyl (C=O) groups is 2. The molecule has 144 valence electrons. The third-order valence-corrected chi connectivity index (χ3v) is 4.42. The lowest BCUT2D eigenvalue weighted by Gasteiger charge is -2.21. The summed E-state index contributed by atoms with van der Waals surface area (Å²) < 4.78 is 10.3. The SMILES string of the molecule is CC(C)OC(=O)Nc1cccc(OC(=O)NCCCC2CCCCC2)c1. The summed E-state index contributed by atoms with van der Waals surface area (Å²) in [5.74, 6) is 1.19. The first kappa shape index (κ1) is 20.1. The minimum absolute atomic E-state index is 0.200. The predicted octanol–water partition coefficient (Wildman–Crippen LogP) is 5.09. The van der Waals surface area contributed by atoms with Crippen LogP contribution >= 0.6 is 0 Å². The van der Waals surface area contributed by atoms with E-state index >= 15 is 0 Å². The maximum atomic E-state index is 11.9. The Balaban J connectivity index is 1.69. The lowest BCUT2D eigenvalue weighted by molar-refractivity contribution is 0.130.